The molecule has 0 saturated carbocycles. The third-order valence-electron chi connectivity index (χ3n) is 3.04. The lowest BCUT2D eigenvalue weighted by molar-refractivity contribution is -0.141. The van der Waals surface area contributed by atoms with Crippen LogP contribution in [0.2, 0.25) is 0 Å². The molecule has 1 aliphatic rings. The van der Waals surface area contributed by atoms with Crippen LogP contribution >= 0.6 is 0 Å². The van der Waals surface area contributed by atoms with E-state index in [9.17, 15) is 4.79 Å². The number of hydrogen-bond donors (Lipinski definition) is 1. The first-order valence-electron chi connectivity index (χ1n) is 5.89. The van der Waals surface area contributed by atoms with Crippen molar-refractivity contribution in [3.63, 3.8) is 0 Å². The minimum atomic E-state index is -0.684. The van der Waals surface area contributed by atoms with Crippen LogP contribution in [0.25, 0.3) is 0 Å². The Morgan fingerprint density at radius 3 is 2.82 bits per heavy atom. The zero-order valence-corrected chi connectivity index (χ0v) is 9.71. The topological polar surface area (TPSA) is 49.8 Å². The first-order chi connectivity index (χ1) is 8.25. The van der Waals surface area contributed by atoms with E-state index in [-0.39, 0.29) is 5.92 Å². The quantitative estimate of drug-likeness (QED) is 0.839. The lowest BCUT2D eigenvalue weighted by Crippen LogP contribution is -2.27. The number of hydrogen-bond acceptors (Lipinski definition) is 3. The standard InChI is InChI=1S/C13H17NO3/c15-13(16)11-6-7-14(10-11)8-9-17-12-4-2-1-3-5-12/h1-5,11H,6-10H2,(H,15,16)/t11-/m1/s1. The Labute approximate surface area is 101 Å². The third-order valence-corrected chi connectivity index (χ3v) is 3.04. The lowest BCUT2D eigenvalue weighted by atomic mass is 10.1. The summed E-state index contributed by atoms with van der Waals surface area (Å²) in [6.07, 6.45) is 0.751. The molecule has 1 aromatic rings. The van der Waals surface area contributed by atoms with E-state index in [0.29, 0.717) is 13.2 Å². The summed E-state index contributed by atoms with van der Waals surface area (Å²) in [4.78, 5) is 12.9. The number of benzene rings is 1. The molecule has 4 heteroatoms. The number of para-hydroxylation sites is 1. The molecule has 0 spiro atoms. The number of carboxylic acid groups (broad SMARTS) is 1. The van der Waals surface area contributed by atoms with Crippen molar-refractivity contribution in [2.45, 2.75) is 6.42 Å². The minimum Gasteiger partial charge on any atom is -0.492 e. The highest BCUT2D eigenvalue weighted by molar-refractivity contribution is 5.70. The van der Waals surface area contributed by atoms with E-state index < -0.39 is 5.97 Å². The van der Waals surface area contributed by atoms with Crippen molar-refractivity contribution >= 4 is 5.97 Å². The van der Waals surface area contributed by atoms with Crippen molar-refractivity contribution in [3.05, 3.63) is 30.3 Å². The van der Waals surface area contributed by atoms with Gasteiger partial charge in [-0.25, -0.2) is 0 Å². The van der Waals surface area contributed by atoms with Crippen LogP contribution in [-0.2, 0) is 4.79 Å². The average molecular weight is 235 g/mol. The molecule has 0 aromatic heterocycles. The molecule has 92 valence electrons. The van der Waals surface area contributed by atoms with Crippen LogP contribution < -0.4 is 4.74 Å². The summed E-state index contributed by atoms with van der Waals surface area (Å²) in [5.74, 6) is -0.0234. The Morgan fingerprint density at radius 2 is 2.18 bits per heavy atom. The second-order valence-corrected chi connectivity index (χ2v) is 4.29. The van der Waals surface area contributed by atoms with Gasteiger partial charge < -0.3 is 9.84 Å². The van der Waals surface area contributed by atoms with E-state index in [1.54, 1.807) is 0 Å². The van der Waals surface area contributed by atoms with E-state index in [2.05, 4.69) is 4.90 Å². The Bertz CT molecular complexity index is 366. The molecule has 17 heavy (non-hydrogen) atoms. The van der Waals surface area contributed by atoms with Crippen molar-refractivity contribution in [2.75, 3.05) is 26.2 Å². The maximum atomic E-state index is 10.8. The highest BCUT2D eigenvalue weighted by atomic mass is 16.5. The van der Waals surface area contributed by atoms with Gasteiger partial charge in [0.05, 0.1) is 5.92 Å². The van der Waals surface area contributed by atoms with Crippen LogP contribution in [0.3, 0.4) is 0 Å². The summed E-state index contributed by atoms with van der Waals surface area (Å²) in [6.45, 7) is 2.90. The summed E-state index contributed by atoms with van der Waals surface area (Å²) < 4.78 is 5.57. The number of rotatable bonds is 5. The molecule has 1 saturated heterocycles. The number of carboxylic acids is 1. The minimum absolute atomic E-state index is 0.202. The van der Waals surface area contributed by atoms with Gasteiger partial charge in [0.2, 0.25) is 0 Å². The molecule has 1 heterocycles. The maximum absolute atomic E-state index is 10.8. The molecule has 1 atom stereocenters. The fourth-order valence-electron chi connectivity index (χ4n) is 2.05. The molecule has 0 bridgehead atoms. The van der Waals surface area contributed by atoms with Gasteiger partial charge in [-0.15, -0.1) is 0 Å². The van der Waals surface area contributed by atoms with Crippen molar-refractivity contribution in [3.8, 4) is 5.75 Å². The monoisotopic (exact) mass is 235 g/mol. The molecule has 0 unspecified atom stereocenters. The van der Waals surface area contributed by atoms with Gasteiger partial charge in [-0.3, -0.25) is 9.69 Å². The average Bonchev–Trinajstić information content (AvgIpc) is 2.79. The highest BCUT2D eigenvalue weighted by Gasteiger charge is 2.27. The summed E-state index contributed by atoms with van der Waals surface area (Å²) in [6, 6.07) is 9.66. The van der Waals surface area contributed by atoms with Crippen molar-refractivity contribution < 1.29 is 14.6 Å². The lowest BCUT2D eigenvalue weighted by Gasteiger charge is -2.15. The predicted molar refractivity (Wildman–Crippen MR) is 64.1 cm³/mol. The fourth-order valence-corrected chi connectivity index (χ4v) is 2.05. The Kier molecular flexibility index (Phi) is 3.98. The van der Waals surface area contributed by atoms with Gasteiger partial charge in [-0.05, 0) is 25.1 Å². The van der Waals surface area contributed by atoms with Crippen LogP contribution in [0.1, 0.15) is 6.42 Å². The molecular formula is C13H17NO3. The molecule has 1 aliphatic heterocycles. The molecular weight excluding hydrogens is 218 g/mol. The molecule has 1 aromatic carbocycles. The molecule has 0 aliphatic carbocycles. The second kappa shape index (κ2) is 5.68. The van der Waals surface area contributed by atoms with Crippen LogP contribution in [0.15, 0.2) is 30.3 Å². The van der Waals surface area contributed by atoms with Gasteiger partial charge >= 0.3 is 5.97 Å². The van der Waals surface area contributed by atoms with Crippen LogP contribution in [0.4, 0.5) is 0 Å². The first kappa shape index (κ1) is 11.9. The van der Waals surface area contributed by atoms with E-state index >= 15 is 0 Å². The molecule has 2 rings (SSSR count). The van der Waals surface area contributed by atoms with Crippen molar-refractivity contribution in [2.24, 2.45) is 5.92 Å². The van der Waals surface area contributed by atoms with Crippen LogP contribution in [0, 0.1) is 5.92 Å². The molecule has 1 fully saturated rings. The summed E-state index contributed by atoms with van der Waals surface area (Å²) >= 11 is 0. The molecule has 0 radical (unpaired) electrons. The van der Waals surface area contributed by atoms with Gasteiger partial charge in [0.1, 0.15) is 12.4 Å². The Balaban J connectivity index is 1.68. The number of likely N-dealkylation sites (tertiary alicyclic amines) is 1. The fraction of sp³-hybridized carbons (Fsp3) is 0.462. The zero-order chi connectivity index (χ0) is 12.1. The number of aliphatic carboxylic acids is 1. The van der Waals surface area contributed by atoms with Gasteiger partial charge in [0.15, 0.2) is 0 Å². The summed E-state index contributed by atoms with van der Waals surface area (Å²) in [7, 11) is 0. The van der Waals surface area contributed by atoms with E-state index in [1.807, 2.05) is 30.3 Å². The Hall–Kier alpha value is -1.55. The first-order valence-corrected chi connectivity index (χ1v) is 5.89. The van der Waals surface area contributed by atoms with E-state index in [4.69, 9.17) is 9.84 Å². The van der Waals surface area contributed by atoms with Crippen LogP contribution in [-0.4, -0.2) is 42.2 Å². The number of carbonyl (C=O) groups is 1. The van der Waals surface area contributed by atoms with Crippen molar-refractivity contribution in [1.29, 1.82) is 0 Å². The SMILES string of the molecule is O=C(O)[C@@H]1CCN(CCOc2ccccc2)C1. The second-order valence-electron chi connectivity index (χ2n) is 4.29. The largest absolute Gasteiger partial charge is 0.492 e. The van der Waals surface area contributed by atoms with Gasteiger partial charge in [-0.1, -0.05) is 18.2 Å². The zero-order valence-electron chi connectivity index (χ0n) is 9.71. The molecule has 1 N–H and O–H groups in total. The van der Waals surface area contributed by atoms with Crippen LogP contribution in [0.5, 0.6) is 5.75 Å². The van der Waals surface area contributed by atoms with Gasteiger partial charge in [-0.2, -0.15) is 0 Å². The summed E-state index contributed by atoms with van der Waals surface area (Å²) in [5.41, 5.74) is 0. The van der Waals surface area contributed by atoms with Crippen molar-refractivity contribution in [1.82, 2.24) is 4.90 Å². The Morgan fingerprint density at radius 1 is 1.41 bits per heavy atom. The molecule has 4 nitrogen and oxygen atoms in total. The molecule has 0 amide bonds. The van der Waals surface area contributed by atoms with Gasteiger partial charge in [0.25, 0.3) is 0 Å². The normalized spacial score (nSPS) is 20.4. The predicted octanol–water partition coefficient (Wildman–Crippen LogP) is 1.47. The van der Waals surface area contributed by atoms with E-state index in [1.165, 1.54) is 0 Å². The maximum Gasteiger partial charge on any atom is 0.307 e. The van der Waals surface area contributed by atoms with E-state index in [0.717, 1.165) is 25.3 Å². The summed E-state index contributed by atoms with van der Waals surface area (Å²) in [5, 5.41) is 8.88. The third kappa shape index (κ3) is 3.46. The smallest absolute Gasteiger partial charge is 0.307 e. The highest BCUT2D eigenvalue weighted by Crippen LogP contribution is 2.16. The number of nitrogens with zero attached hydrogens (tertiary/aromatic N) is 1. The van der Waals surface area contributed by atoms with Gasteiger partial charge in [0, 0.05) is 13.1 Å². The number of ether oxygens (including phenoxy) is 1.